The molecule has 0 bridgehead atoms. The quantitative estimate of drug-likeness (QED) is 0.174. The predicted octanol–water partition coefficient (Wildman–Crippen LogP) is 15.3. The Hall–Kier alpha value is -8.21. The zero-order valence-corrected chi connectivity index (χ0v) is 35.2. The number of aromatic nitrogens is 4. The molecule has 0 radical (unpaired) electrons. The molecule has 12 aromatic rings. The summed E-state index contributed by atoms with van der Waals surface area (Å²) in [7, 11) is 0. The molecule has 0 amide bonds. The molecule has 4 heteroatoms. The van der Waals surface area contributed by atoms with Crippen molar-refractivity contribution in [1.29, 1.82) is 0 Å². The first-order valence-electron chi connectivity index (χ1n) is 22.1. The largest absolute Gasteiger partial charge is 0.309 e. The molecule has 0 spiro atoms. The molecular formula is C60H40N4. The van der Waals surface area contributed by atoms with Crippen LogP contribution < -0.4 is 0 Å². The van der Waals surface area contributed by atoms with Gasteiger partial charge in [-0.25, -0.2) is 15.0 Å². The Balaban J connectivity index is 0.983. The van der Waals surface area contributed by atoms with Gasteiger partial charge in [0, 0.05) is 44.5 Å². The Morgan fingerprint density at radius 2 is 1.00 bits per heavy atom. The molecule has 2 heterocycles. The van der Waals surface area contributed by atoms with Gasteiger partial charge in [0.05, 0.1) is 11.0 Å². The Bertz CT molecular complexity index is 3750. The van der Waals surface area contributed by atoms with Gasteiger partial charge in [-0.05, 0) is 84.9 Å². The van der Waals surface area contributed by atoms with Gasteiger partial charge in [-0.15, -0.1) is 0 Å². The minimum atomic E-state index is 0.139. The van der Waals surface area contributed by atoms with E-state index in [1.165, 1.54) is 76.9 Å². The van der Waals surface area contributed by atoms with Crippen LogP contribution in [0.1, 0.15) is 35.4 Å². The Morgan fingerprint density at radius 1 is 0.375 bits per heavy atom. The predicted molar refractivity (Wildman–Crippen MR) is 265 cm³/mol. The molecule has 0 saturated heterocycles. The Morgan fingerprint density at radius 3 is 1.80 bits per heavy atom. The van der Waals surface area contributed by atoms with Crippen LogP contribution in [0.3, 0.4) is 0 Å². The van der Waals surface area contributed by atoms with Crippen LogP contribution in [0.25, 0.3) is 105 Å². The van der Waals surface area contributed by atoms with Crippen molar-refractivity contribution in [2.45, 2.75) is 18.8 Å². The molecule has 2 atom stereocenters. The van der Waals surface area contributed by atoms with Crippen LogP contribution in [0, 0.1) is 0 Å². The van der Waals surface area contributed by atoms with E-state index in [0.717, 1.165) is 27.5 Å². The van der Waals surface area contributed by atoms with Crippen molar-refractivity contribution in [3.8, 4) is 51.0 Å². The number of benzene rings is 10. The fraction of sp³-hybridized carbons (Fsp3) is 0.0500. The van der Waals surface area contributed by atoms with Crippen molar-refractivity contribution in [3.63, 3.8) is 0 Å². The first-order chi connectivity index (χ1) is 31.6. The summed E-state index contributed by atoms with van der Waals surface area (Å²) >= 11 is 0. The van der Waals surface area contributed by atoms with E-state index in [2.05, 4.69) is 187 Å². The third-order valence-corrected chi connectivity index (χ3v) is 13.6. The molecular weight excluding hydrogens is 777 g/mol. The van der Waals surface area contributed by atoms with Crippen LogP contribution in [0.15, 0.2) is 212 Å². The lowest BCUT2D eigenvalue weighted by Crippen LogP contribution is -2.17. The monoisotopic (exact) mass is 816 g/mol. The third kappa shape index (κ3) is 5.73. The van der Waals surface area contributed by atoms with Gasteiger partial charge in [0.25, 0.3) is 0 Å². The number of rotatable bonds is 5. The number of nitrogens with zero attached hydrogens (tertiary/aromatic N) is 4. The minimum Gasteiger partial charge on any atom is -0.309 e. The molecule has 13 rings (SSSR count). The van der Waals surface area contributed by atoms with Crippen LogP contribution in [0.4, 0.5) is 0 Å². The summed E-state index contributed by atoms with van der Waals surface area (Å²) in [5.74, 6) is 2.31. The van der Waals surface area contributed by atoms with Gasteiger partial charge >= 0.3 is 0 Å². The highest BCUT2D eigenvalue weighted by molar-refractivity contribution is 6.19. The average Bonchev–Trinajstić information content (AvgIpc) is 3.70. The van der Waals surface area contributed by atoms with E-state index >= 15 is 0 Å². The van der Waals surface area contributed by atoms with Gasteiger partial charge in [-0.2, -0.15) is 0 Å². The lowest BCUT2D eigenvalue weighted by atomic mass is 9.69. The van der Waals surface area contributed by atoms with Crippen LogP contribution in [-0.2, 0) is 0 Å². The van der Waals surface area contributed by atoms with Crippen LogP contribution in [-0.4, -0.2) is 19.5 Å². The van der Waals surface area contributed by atoms with Gasteiger partial charge in [0.15, 0.2) is 17.5 Å². The maximum atomic E-state index is 5.11. The summed E-state index contributed by atoms with van der Waals surface area (Å²) in [6, 6.07) is 76.9. The van der Waals surface area contributed by atoms with Crippen molar-refractivity contribution < 1.29 is 0 Å². The highest BCUT2D eigenvalue weighted by atomic mass is 15.0. The van der Waals surface area contributed by atoms with E-state index in [4.69, 9.17) is 15.0 Å². The van der Waals surface area contributed by atoms with E-state index in [-0.39, 0.29) is 11.8 Å². The molecule has 1 aliphatic rings. The van der Waals surface area contributed by atoms with E-state index in [1.807, 2.05) is 36.4 Å². The Kier molecular flexibility index (Phi) is 8.22. The van der Waals surface area contributed by atoms with E-state index in [9.17, 15) is 0 Å². The van der Waals surface area contributed by atoms with Crippen molar-refractivity contribution in [3.05, 3.63) is 229 Å². The summed E-state index contributed by atoms with van der Waals surface area (Å²) in [5, 5.41) is 9.79. The van der Waals surface area contributed by atoms with Gasteiger partial charge in [0.2, 0.25) is 0 Å². The highest BCUT2D eigenvalue weighted by Crippen LogP contribution is 2.52. The second-order valence-electron chi connectivity index (χ2n) is 17.2. The second kappa shape index (κ2) is 14.4. The highest BCUT2D eigenvalue weighted by Gasteiger charge is 2.33. The summed E-state index contributed by atoms with van der Waals surface area (Å²) < 4.78 is 2.52. The minimum absolute atomic E-state index is 0.139. The van der Waals surface area contributed by atoms with Crippen molar-refractivity contribution in [1.82, 2.24) is 19.5 Å². The number of hydrogen-bond donors (Lipinski definition) is 0. The van der Waals surface area contributed by atoms with E-state index < -0.39 is 0 Å². The first kappa shape index (κ1) is 36.4. The molecule has 2 aromatic heterocycles. The van der Waals surface area contributed by atoms with Crippen molar-refractivity contribution >= 4 is 54.1 Å². The lowest BCUT2D eigenvalue weighted by molar-refractivity contribution is 0.651. The van der Waals surface area contributed by atoms with Gasteiger partial charge in [-0.3, -0.25) is 0 Å². The van der Waals surface area contributed by atoms with Crippen LogP contribution in [0.5, 0.6) is 0 Å². The molecule has 64 heavy (non-hydrogen) atoms. The molecule has 0 aliphatic heterocycles. The standard InChI is InChI=1S/C60H40N4/c1-37-52-36-55-54(50-32-28-39-16-10-11-23-47(39)57(50)64(55)45-30-27-38-15-8-9-21-42(38)34-45)35-53(52)48-24-12-13-25-49(48)56(37)44-29-31-46-43(33-44)22-14-26-51(46)60-62-58(40-17-4-2-5-18-40)61-59(63-60)41-19-6-3-7-20-41/h2-37,56H,1H3. The average molecular weight is 817 g/mol. The SMILES string of the molecule is CC1c2cc3c(cc2-c2ccccc2C1c1ccc2c(-c4nc(-c5ccccc5)nc(-c5ccccc5)n4)cccc2c1)c1ccc2ccccc2c1n3-c1ccc2ccccc2c1. The third-order valence-electron chi connectivity index (χ3n) is 13.6. The molecule has 1 aliphatic carbocycles. The van der Waals surface area contributed by atoms with Gasteiger partial charge in [0.1, 0.15) is 0 Å². The topological polar surface area (TPSA) is 43.6 Å². The maximum Gasteiger partial charge on any atom is 0.164 e. The maximum absolute atomic E-state index is 5.11. The lowest BCUT2D eigenvalue weighted by Gasteiger charge is -2.34. The van der Waals surface area contributed by atoms with Crippen molar-refractivity contribution in [2.24, 2.45) is 0 Å². The second-order valence-corrected chi connectivity index (χ2v) is 17.2. The Labute approximate surface area is 370 Å². The summed E-state index contributed by atoms with van der Waals surface area (Å²) in [4.78, 5) is 15.2. The number of hydrogen-bond acceptors (Lipinski definition) is 3. The zero-order chi connectivity index (χ0) is 42.3. The van der Waals surface area contributed by atoms with Crippen molar-refractivity contribution in [2.75, 3.05) is 0 Å². The fourth-order valence-corrected chi connectivity index (χ4v) is 10.6. The molecule has 10 aromatic carbocycles. The van der Waals surface area contributed by atoms with Crippen LogP contribution in [0.2, 0.25) is 0 Å². The smallest absolute Gasteiger partial charge is 0.164 e. The molecule has 300 valence electrons. The first-order valence-corrected chi connectivity index (χ1v) is 22.1. The van der Waals surface area contributed by atoms with E-state index in [1.54, 1.807) is 0 Å². The molecule has 0 fully saturated rings. The molecule has 2 unspecified atom stereocenters. The fourth-order valence-electron chi connectivity index (χ4n) is 10.6. The zero-order valence-electron chi connectivity index (χ0n) is 35.2. The van der Waals surface area contributed by atoms with Crippen LogP contribution >= 0.6 is 0 Å². The van der Waals surface area contributed by atoms with E-state index in [0.29, 0.717) is 17.5 Å². The van der Waals surface area contributed by atoms with Gasteiger partial charge < -0.3 is 4.57 Å². The summed E-state index contributed by atoms with van der Waals surface area (Å²) in [6.07, 6.45) is 0. The molecule has 4 nitrogen and oxygen atoms in total. The molecule has 0 N–H and O–H groups in total. The number of fused-ring (bicyclic) bond motifs is 10. The molecule has 0 saturated carbocycles. The normalized spacial score (nSPS) is 14.6. The summed E-state index contributed by atoms with van der Waals surface area (Å²) in [6.45, 7) is 2.42. The summed E-state index contributed by atoms with van der Waals surface area (Å²) in [5.41, 5.74) is 13.2. The van der Waals surface area contributed by atoms with Gasteiger partial charge in [-0.1, -0.05) is 195 Å².